The van der Waals surface area contributed by atoms with Crippen molar-refractivity contribution >= 4 is 11.7 Å². The van der Waals surface area contributed by atoms with E-state index in [0.717, 1.165) is 24.0 Å². The summed E-state index contributed by atoms with van der Waals surface area (Å²) in [6.07, 6.45) is 6.30. The van der Waals surface area contributed by atoms with Gasteiger partial charge in [-0.2, -0.15) is 0 Å². The van der Waals surface area contributed by atoms with Gasteiger partial charge in [0.25, 0.3) is 0 Å². The minimum Gasteiger partial charge on any atom is -0.334 e. The summed E-state index contributed by atoms with van der Waals surface area (Å²) in [6.45, 7) is 1.65. The number of nitrogens with two attached hydrogens (primary N) is 2. The third kappa shape index (κ3) is 2.48. The van der Waals surface area contributed by atoms with Gasteiger partial charge in [0, 0.05) is 7.05 Å². The summed E-state index contributed by atoms with van der Waals surface area (Å²) in [4.78, 5) is 25.9. The standard InChI is InChI=1S/C14H21N3O2/c1-8(15)13(18)11-7-9-5-3-4-6-10(9)12(16)14(19)17(11)2/h4,6,8,11-12H,3,5,7,15-16H2,1-2H3/t8-,11?,12-/m0/s1. The Bertz CT molecular complexity index is 465. The van der Waals surface area contributed by atoms with E-state index in [9.17, 15) is 9.59 Å². The number of amides is 1. The molecule has 3 atom stereocenters. The van der Waals surface area contributed by atoms with Gasteiger partial charge in [0.15, 0.2) is 5.78 Å². The number of carbonyl (C=O) groups is 2. The number of allylic oxidation sites excluding steroid dienone is 1. The number of likely N-dealkylation sites (N-methyl/N-ethyl adjacent to an activating group) is 1. The topological polar surface area (TPSA) is 89.4 Å². The van der Waals surface area contributed by atoms with Crippen molar-refractivity contribution in [3.05, 3.63) is 23.3 Å². The molecule has 5 heteroatoms. The van der Waals surface area contributed by atoms with Gasteiger partial charge in [-0.15, -0.1) is 0 Å². The molecule has 1 heterocycles. The van der Waals surface area contributed by atoms with Gasteiger partial charge in [-0.3, -0.25) is 9.59 Å². The fourth-order valence-electron chi connectivity index (χ4n) is 2.74. The molecule has 0 aromatic carbocycles. The fourth-order valence-corrected chi connectivity index (χ4v) is 2.74. The van der Waals surface area contributed by atoms with Crippen molar-refractivity contribution in [2.75, 3.05) is 7.05 Å². The fraction of sp³-hybridized carbons (Fsp3) is 0.571. The zero-order valence-electron chi connectivity index (χ0n) is 11.4. The maximum Gasteiger partial charge on any atom is 0.244 e. The van der Waals surface area contributed by atoms with Crippen LogP contribution in [0, 0.1) is 0 Å². The largest absolute Gasteiger partial charge is 0.334 e. The zero-order chi connectivity index (χ0) is 14.2. The molecule has 0 bridgehead atoms. The minimum atomic E-state index is -0.664. The van der Waals surface area contributed by atoms with Crippen molar-refractivity contribution in [1.29, 1.82) is 0 Å². The van der Waals surface area contributed by atoms with E-state index in [2.05, 4.69) is 0 Å². The first-order valence-corrected chi connectivity index (χ1v) is 6.63. The average molecular weight is 263 g/mol. The second kappa shape index (κ2) is 5.27. The molecule has 0 spiro atoms. The number of ketones is 1. The first-order chi connectivity index (χ1) is 8.93. The molecule has 104 valence electrons. The Morgan fingerprint density at radius 2 is 2.21 bits per heavy atom. The molecule has 1 amide bonds. The maximum absolute atomic E-state index is 12.3. The number of carbonyl (C=O) groups excluding carboxylic acids is 2. The van der Waals surface area contributed by atoms with Crippen LogP contribution in [-0.2, 0) is 9.59 Å². The number of hydrogen-bond donors (Lipinski definition) is 2. The molecule has 0 radical (unpaired) electrons. The second-order valence-corrected chi connectivity index (χ2v) is 5.34. The Labute approximate surface area is 113 Å². The second-order valence-electron chi connectivity index (χ2n) is 5.34. The lowest BCUT2D eigenvalue weighted by molar-refractivity contribution is -0.138. The zero-order valence-corrected chi connectivity index (χ0v) is 11.4. The van der Waals surface area contributed by atoms with Crippen molar-refractivity contribution in [2.24, 2.45) is 11.5 Å². The lowest BCUT2D eigenvalue weighted by Gasteiger charge is -2.27. The molecule has 1 unspecified atom stereocenters. The molecule has 1 aliphatic carbocycles. The Balaban J connectivity index is 2.39. The normalized spacial score (nSPS) is 29.1. The van der Waals surface area contributed by atoms with Crippen molar-refractivity contribution in [1.82, 2.24) is 4.90 Å². The lowest BCUT2D eigenvalue weighted by Crippen LogP contribution is -2.51. The van der Waals surface area contributed by atoms with Crippen molar-refractivity contribution in [2.45, 2.75) is 44.3 Å². The van der Waals surface area contributed by atoms with Crippen molar-refractivity contribution in [3.8, 4) is 0 Å². The van der Waals surface area contributed by atoms with Crippen LogP contribution >= 0.6 is 0 Å². The first-order valence-electron chi connectivity index (χ1n) is 6.63. The molecule has 2 rings (SSSR count). The SMILES string of the molecule is C[C@H](N)C(=O)C1CC2=C(C=CCC2)[C@H](N)C(=O)N1C. The molecule has 0 saturated carbocycles. The molecule has 1 aliphatic heterocycles. The highest BCUT2D eigenvalue weighted by molar-refractivity contribution is 5.95. The Hall–Kier alpha value is -1.46. The summed E-state index contributed by atoms with van der Waals surface area (Å²) < 4.78 is 0. The number of rotatable bonds is 2. The number of Topliss-reactive ketones (excluding diaryl/α,β-unsaturated/α-hetero) is 1. The highest BCUT2D eigenvalue weighted by Crippen LogP contribution is 2.30. The Kier molecular flexibility index (Phi) is 3.87. The van der Waals surface area contributed by atoms with E-state index in [-0.39, 0.29) is 11.7 Å². The quantitative estimate of drug-likeness (QED) is 0.740. The summed E-state index contributed by atoms with van der Waals surface area (Å²) in [5.74, 6) is -0.318. The van der Waals surface area contributed by atoms with Crippen LogP contribution in [0.4, 0.5) is 0 Å². The summed E-state index contributed by atoms with van der Waals surface area (Å²) in [7, 11) is 1.63. The van der Waals surface area contributed by atoms with Crippen molar-refractivity contribution < 1.29 is 9.59 Å². The van der Waals surface area contributed by atoms with Crippen LogP contribution in [0.2, 0.25) is 0 Å². The molecular formula is C14H21N3O2. The molecule has 0 aromatic heterocycles. The highest BCUT2D eigenvalue weighted by atomic mass is 16.2. The summed E-state index contributed by atoms with van der Waals surface area (Å²) in [5.41, 5.74) is 13.7. The number of hydrogen-bond acceptors (Lipinski definition) is 4. The monoisotopic (exact) mass is 263 g/mol. The molecule has 0 aromatic rings. The third-order valence-electron chi connectivity index (χ3n) is 3.95. The summed E-state index contributed by atoms with van der Waals surface area (Å²) >= 11 is 0. The van der Waals surface area contributed by atoms with Gasteiger partial charge < -0.3 is 16.4 Å². The Morgan fingerprint density at radius 1 is 1.53 bits per heavy atom. The van der Waals surface area contributed by atoms with Crippen LogP contribution in [0.5, 0.6) is 0 Å². The van der Waals surface area contributed by atoms with Gasteiger partial charge in [-0.1, -0.05) is 17.7 Å². The third-order valence-corrected chi connectivity index (χ3v) is 3.95. The van der Waals surface area contributed by atoms with Crippen LogP contribution in [-0.4, -0.2) is 41.8 Å². The van der Waals surface area contributed by atoms with Gasteiger partial charge in [0.05, 0.1) is 12.1 Å². The molecule has 2 aliphatic rings. The van der Waals surface area contributed by atoms with E-state index in [4.69, 9.17) is 11.5 Å². The molecule has 5 nitrogen and oxygen atoms in total. The van der Waals surface area contributed by atoms with Crippen LogP contribution in [0.15, 0.2) is 23.3 Å². The van der Waals surface area contributed by atoms with E-state index in [1.54, 1.807) is 14.0 Å². The summed E-state index contributed by atoms with van der Waals surface area (Å²) in [5, 5.41) is 0. The predicted octanol–water partition coefficient (Wildman–Crippen LogP) is 0.107. The van der Waals surface area contributed by atoms with E-state index in [1.807, 2.05) is 12.2 Å². The van der Waals surface area contributed by atoms with Crippen LogP contribution in [0.3, 0.4) is 0 Å². The van der Waals surface area contributed by atoms with E-state index in [0.29, 0.717) is 6.42 Å². The van der Waals surface area contributed by atoms with Crippen LogP contribution in [0.25, 0.3) is 0 Å². The van der Waals surface area contributed by atoms with E-state index >= 15 is 0 Å². The average Bonchev–Trinajstić information content (AvgIpc) is 2.49. The summed E-state index contributed by atoms with van der Waals surface area (Å²) in [6, 6.07) is -1.72. The van der Waals surface area contributed by atoms with Gasteiger partial charge >= 0.3 is 0 Å². The molecule has 0 fully saturated rings. The molecular weight excluding hydrogens is 242 g/mol. The molecule has 19 heavy (non-hydrogen) atoms. The van der Waals surface area contributed by atoms with Crippen LogP contribution < -0.4 is 11.5 Å². The highest BCUT2D eigenvalue weighted by Gasteiger charge is 2.37. The van der Waals surface area contributed by atoms with Gasteiger partial charge in [-0.05, 0) is 31.8 Å². The predicted molar refractivity (Wildman–Crippen MR) is 73.2 cm³/mol. The van der Waals surface area contributed by atoms with Crippen molar-refractivity contribution in [3.63, 3.8) is 0 Å². The maximum atomic E-state index is 12.3. The first kappa shape index (κ1) is 14.0. The smallest absolute Gasteiger partial charge is 0.244 e. The lowest BCUT2D eigenvalue weighted by atomic mass is 9.89. The number of nitrogens with zero attached hydrogens (tertiary/aromatic N) is 1. The van der Waals surface area contributed by atoms with Gasteiger partial charge in [0.1, 0.15) is 6.04 Å². The molecule has 4 N–H and O–H groups in total. The molecule has 0 saturated heterocycles. The van der Waals surface area contributed by atoms with Gasteiger partial charge in [-0.25, -0.2) is 0 Å². The van der Waals surface area contributed by atoms with E-state index in [1.165, 1.54) is 4.90 Å². The van der Waals surface area contributed by atoms with E-state index < -0.39 is 18.1 Å². The van der Waals surface area contributed by atoms with Gasteiger partial charge in [0.2, 0.25) is 5.91 Å². The minimum absolute atomic E-state index is 0.105. The van der Waals surface area contributed by atoms with Crippen LogP contribution in [0.1, 0.15) is 26.2 Å². The Morgan fingerprint density at radius 3 is 2.84 bits per heavy atom.